The quantitative estimate of drug-likeness (QED) is 0.0261. The molecular weight excluding hydrogens is 961 g/mol. The molecule has 6 nitrogen and oxygen atoms in total. The van der Waals surface area contributed by atoms with Crippen molar-refractivity contribution in [2.75, 3.05) is 13.2 Å². The summed E-state index contributed by atoms with van der Waals surface area (Å²) in [5, 5.41) is 0. The number of carbonyl (C=O) groups excluding carboxylic acids is 3. The summed E-state index contributed by atoms with van der Waals surface area (Å²) in [6, 6.07) is 0. The van der Waals surface area contributed by atoms with E-state index in [9.17, 15) is 14.4 Å². The molecule has 0 saturated carbocycles. The maximum Gasteiger partial charge on any atom is 0.306 e. The third-order valence-electron chi connectivity index (χ3n) is 16.5. The Morgan fingerprint density at radius 3 is 0.641 bits per heavy atom. The van der Waals surface area contributed by atoms with Gasteiger partial charge in [-0.3, -0.25) is 14.4 Å². The monoisotopic (exact) mass is 1100 g/mol. The number of esters is 3. The van der Waals surface area contributed by atoms with E-state index in [0.717, 1.165) is 57.8 Å². The van der Waals surface area contributed by atoms with Crippen LogP contribution in [0.15, 0.2) is 12.2 Å². The average Bonchev–Trinajstić information content (AvgIpc) is 3.44. The maximum absolute atomic E-state index is 12.9. The van der Waals surface area contributed by atoms with Crippen molar-refractivity contribution >= 4 is 17.9 Å². The van der Waals surface area contributed by atoms with Gasteiger partial charge in [0, 0.05) is 19.3 Å². The molecule has 0 aliphatic rings. The van der Waals surface area contributed by atoms with Gasteiger partial charge < -0.3 is 14.2 Å². The van der Waals surface area contributed by atoms with E-state index in [1.54, 1.807) is 0 Å². The fourth-order valence-corrected chi connectivity index (χ4v) is 11.2. The molecule has 0 amide bonds. The van der Waals surface area contributed by atoms with E-state index in [1.165, 1.54) is 315 Å². The molecule has 462 valence electrons. The minimum Gasteiger partial charge on any atom is -0.462 e. The lowest BCUT2D eigenvalue weighted by Gasteiger charge is -2.18. The standard InChI is InChI=1S/C72H138O6/c1-4-7-10-13-16-19-22-25-28-31-32-33-34-35-36-37-38-39-42-44-47-50-53-56-59-62-65-71(74)77-68-69(78-72(75)66-63-60-57-54-51-48-45-41-30-27-24-21-18-15-12-9-6-3)67-76-70(73)64-61-58-55-52-49-46-43-40-29-26-23-20-17-14-11-8-5-2/h27,30,69H,4-26,28-29,31-68H2,1-3H3/b30-27-. The summed E-state index contributed by atoms with van der Waals surface area (Å²) in [4.78, 5) is 38.4. The van der Waals surface area contributed by atoms with E-state index in [0.29, 0.717) is 19.3 Å². The lowest BCUT2D eigenvalue weighted by molar-refractivity contribution is -0.167. The molecule has 0 aliphatic carbocycles. The fraction of sp³-hybridized carbons (Fsp3) is 0.931. The predicted molar refractivity (Wildman–Crippen MR) is 340 cm³/mol. The highest BCUT2D eigenvalue weighted by Gasteiger charge is 2.19. The summed E-state index contributed by atoms with van der Waals surface area (Å²) in [5.41, 5.74) is 0. The van der Waals surface area contributed by atoms with Crippen LogP contribution in [-0.4, -0.2) is 37.2 Å². The molecule has 6 heteroatoms. The molecule has 0 aromatic rings. The highest BCUT2D eigenvalue weighted by Crippen LogP contribution is 2.19. The zero-order valence-corrected chi connectivity index (χ0v) is 53.2. The van der Waals surface area contributed by atoms with Gasteiger partial charge in [0.05, 0.1) is 0 Å². The van der Waals surface area contributed by atoms with E-state index in [4.69, 9.17) is 14.2 Å². The van der Waals surface area contributed by atoms with Crippen LogP contribution in [-0.2, 0) is 28.6 Å². The highest BCUT2D eigenvalue weighted by molar-refractivity contribution is 5.71. The molecule has 0 aromatic heterocycles. The molecule has 0 fully saturated rings. The smallest absolute Gasteiger partial charge is 0.306 e. The molecule has 1 unspecified atom stereocenters. The van der Waals surface area contributed by atoms with Gasteiger partial charge in [-0.1, -0.05) is 360 Å². The zero-order valence-electron chi connectivity index (χ0n) is 53.2. The number of allylic oxidation sites excluding steroid dienone is 2. The van der Waals surface area contributed by atoms with E-state index in [1.807, 2.05) is 0 Å². The summed E-state index contributed by atoms with van der Waals surface area (Å²) < 4.78 is 17.0. The Morgan fingerprint density at radius 2 is 0.423 bits per heavy atom. The Morgan fingerprint density at radius 1 is 0.244 bits per heavy atom. The number of carbonyl (C=O) groups is 3. The first kappa shape index (κ1) is 76.1. The molecule has 1 atom stereocenters. The Balaban J connectivity index is 4.22. The summed E-state index contributed by atoms with van der Waals surface area (Å²) in [7, 11) is 0. The first-order chi connectivity index (χ1) is 38.5. The van der Waals surface area contributed by atoms with Gasteiger partial charge in [-0.2, -0.15) is 0 Å². The molecule has 0 N–H and O–H groups in total. The molecule has 0 radical (unpaired) electrons. The molecule has 0 spiro atoms. The minimum absolute atomic E-state index is 0.0648. The van der Waals surface area contributed by atoms with Crippen molar-refractivity contribution in [2.24, 2.45) is 0 Å². The largest absolute Gasteiger partial charge is 0.462 e. The van der Waals surface area contributed by atoms with Crippen LogP contribution in [0.25, 0.3) is 0 Å². The molecular formula is C72H138O6. The van der Waals surface area contributed by atoms with Crippen LogP contribution < -0.4 is 0 Å². The van der Waals surface area contributed by atoms with Crippen molar-refractivity contribution in [1.29, 1.82) is 0 Å². The highest BCUT2D eigenvalue weighted by atomic mass is 16.6. The van der Waals surface area contributed by atoms with Gasteiger partial charge in [0.15, 0.2) is 6.10 Å². The first-order valence-corrected chi connectivity index (χ1v) is 35.7. The molecule has 0 bridgehead atoms. The predicted octanol–water partition coefficient (Wildman–Crippen LogP) is 24.4. The number of hydrogen-bond donors (Lipinski definition) is 0. The lowest BCUT2D eigenvalue weighted by Crippen LogP contribution is -2.30. The van der Waals surface area contributed by atoms with Crippen molar-refractivity contribution in [1.82, 2.24) is 0 Å². The van der Waals surface area contributed by atoms with Gasteiger partial charge >= 0.3 is 17.9 Å². The van der Waals surface area contributed by atoms with Gasteiger partial charge in [0.25, 0.3) is 0 Å². The molecule has 78 heavy (non-hydrogen) atoms. The SMILES string of the molecule is CCCCCCCC/C=C\CCCCCCCCCC(=O)OC(COC(=O)CCCCCCCCCCCCCCCCCCC)COC(=O)CCCCCCCCCCCCCCCCCCCCCCCCCCCC. The third kappa shape index (κ3) is 65.0. The van der Waals surface area contributed by atoms with Crippen molar-refractivity contribution in [3.8, 4) is 0 Å². The van der Waals surface area contributed by atoms with E-state index < -0.39 is 6.10 Å². The van der Waals surface area contributed by atoms with Crippen LogP contribution in [0.1, 0.15) is 412 Å². The van der Waals surface area contributed by atoms with Crippen molar-refractivity contribution in [2.45, 2.75) is 419 Å². The van der Waals surface area contributed by atoms with Crippen LogP contribution in [0, 0.1) is 0 Å². The lowest BCUT2D eigenvalue weighted by atomic mass is 10.0. The summed E-state index contributed by atoms with van der Waals surface area (Å²) in [5.74, 6) is -0.832. The summed E-state index contributed by atoms with van der Waals surface area (Å²) in [6.07, 6.45) is 81.0. The van der Waals surface area contributed by atoms with E-state index in [-0.39, 0.29) is 31.1 Å². The van der Waals surface area contributed by atoms with Crippen LogP contribution in [0.5, 0.6) is 0 Å². The molecule has 0 rings (SSSR count). The molecule has 0 heterocycles. The van der Waals surface area contributed by atoms with Crippen molar-refractivity contribution < 1.29 is 28.6 Å². The first-order valence-electron chi connectivity index (χ1n) is 35.7. The van der Waals surface area contributed by atoms with Crippen molar-refractivity contribution in [3.05, 3.63) is 12.2 Å². The molecule has 0 aliphatic heterocycles. The fourth-order valence-electron chi connectivity index (χ4n) is 11.2. The maximum atomic E-state index is 12.9. The second-order valence-electron chi connectivity index (χ2n) is 24.5. The van der Waals surface area contributed by atoms with Gasteiger partial charge in [-0.05, 0) is 44.9 Å². The van der Waals surface area contributed by atoms with E-state index >= 15 is 0 Å². The number of rotatable bonds is 67. The van der Waals surface area contributed by atoms with Crippen LogP contribution in [0.3, 0.4) is 0 Å². The Bertz CT molecular complexity index is 1210. The second-order valence-corrected chi connectivity index (χ2v) is 24.5. The average molecular weight is 1100 g/mol. The van der Waals surface area contributed by atoms with Crippen molar-refractivity contribution in [3.63, 3.8) is 0 Å². The zero-order chi connectivity index (χ0) is 56.4. The van der Waals surface area contributed by atoms with Crippen LogP contribution >= 0.6 is 0 Å². The summed E-state index contributed by atoms with van der Waals surface area (Å²) >= 11 is 0. The molecule has 0 saturated heterocycles. The Hall–Kier alpha value is -1.85. The number of ether oxygens (including phenoxy) is 3. The Labute approximate surface area is 488 Å². The minimum atomic E-state index is -0.769. The topological polar surface area (TPSA) is 78.9 Å². The van der Waals surface area contributed by atoms with Crippen LogP contribution in [0.4, 0.5) is 0 Å². The third-order valence-corrected chi connectivity index (χ3v) is 16.5. The molecule has 0 aromatic carbocycles. The number of unbranched alkanes of at least 4 members (excludes halogenated alkanes) is 54. The Kier molecular flexibility index (Phi) is 66.0. The van der Waals surface area contributed by atoms with Gasteiger partial charge in [0.1, 0.15) is 13.2 Å². The van der Waals surface area contributed by atoms with Crippen LogP contribution in [0.2, 0.25) is 0 Å². The summed E-state index contributed by atoms with van der Waals surface area (Å²) in [6.45, 7) is 6.73. The second kappa shape index (κ2) is 67.7. The normalized spacial score (nSPS) is 12.0. The van der Waals surface area contributed by atoms with Gasteiger partial charge in [0.2, 0.25) is 0 Å². The van der Waals surface area contributed by atoms with Gasteiger partial charge in [-0.25, -0.2) is 0 Å². The van der Waals surface area contributed by atoms with Gasteiger partial charge in [-0.15, -0.1) is 0 Å². The number of hydrogen-bond acceptors (Lipinski definition) is 6. The van der Waals surface area contributed by atoms with E-state index in [2.05, 4.69) is 32.9 Å².